The number of carbonyl (C=O) groups excluding carboxylic acids is 1. The first-order valence-electron chi connectivity index (χ1n) is 8.36. The van der Waals surface area contributed by atoms with Crippen LogP contribution < -0.4 is 10.9 Å². The molecule has 0 spiro atoms. The van der Waals surface area contributed by atoms with Crippen molar-refractivity contribution in [3.8, 4) is 11.3 Å². The molecular weight excluding hydrogens is 330 g/mol. The van der Waals surface area contributed by atoms with Crippen molar-refractivity contribution in [2.45, 2.75) is 25.9 Å². The van der Waals surface area contributed by atoms with Gasteiger partial charge in [0.15, 0.2) is 0 Å². The van der Waals surface area contributed by atoms with Crippen molar-refractivity contribution in [2.75, 3.05) is 0 Å². The molecule has 3 aromatic rings. The number of carbonyl (C=O) groups is 1. The molecule has 3 rings (SSSR count). The summed E-state index contributed by atoms with van der Waals surface area (Å²) in [6.07, 6.45) is 7.61. The summed E-state index contributed by atoms with van der Waals surface area (Å²) in [7, 11) is 0. The average Bonchev–Trinajstić information content (AvgIpc) is 2.69. The highest BCUT2D eigenvalue weighted by atomic mass is 16.1. The van der Waals surface area contributed by atoms with Gasteiger partial charge in [0.25, 0.3) is 5.56 Å². The number of aryl methyl sites for hydroxylation is 1. The lowest BCUT2D eigenvalue weighted by atomic mass is 10.2. The third-order valence-corrected chi connectivity index (χ3v) is 3.86. The highest BCUT2D eigenvalue weighted by Gasteiger charge is 2.05. The molecule has 1 amide bonds. The zero-order valence-corrected chi connectivity index (χ0v) is 14.2. The summed E-state index contributed by atoms with van der Waals surface area (Å²) in [5.74, 6) is -0.0554. The first-order valence-corrected chi connectivity index (χ1v) is 8.36. The molecule has 0 saturated heterocycles. The predicted molar refractivity (Wildman–Crippen MR) is 97.0 cm³/mol. The lowest BCUT2D eigenvalue weighted by Gasteiger charge is -2.08. The van der Waals surface area contributed by atoms with E-state index >= 15 is 0 Å². The lowest BCUT2D eigenvalue weighted by Crippen LogP contribution is -2.25. The molecule has 0 aromatic carbocycles. The van der Waals surface area contributed by atoms with Gasteiger partial charge in [0.05, 0.1) is 5.69 Å². The number of nitrogens with zero attached hydrogens (tertiary/aromatic N) is 4. The second kappa shape index (κ2) is 8.66. The van der Waals surface area contributed by atoms with E-state index < -0.39 is 0 Å². The van der Waals surface area contributed by atoms with E-state index in [1.54, 1.807) is 30.9 Å². The maximum Gasteiger partial charge on any atom is 0.266 e. The standard InChI is InChI=1S/C19H19N5O2/c25-18(22-14-15-5-9-20-10-6-15)2-1-13-24-19(26)4-3-17(23-24)16-7-11-21-12-8-16/h3-12H,1-2,13-14H2,(H,22,25). The van der Waals surface area contributed by atoms with Gasteiger partial charge in [-0.05, 0) is 42.3 Å². The highest BCUT2D eigenvalue weighted by Crippen LogP contribution is 2.13. The number of hydrogen-bond donors (Lipinski definition) is 1. The van der Waals surface area contributed by atoms with Gasteiger partial charge in [0.2, 0.25) is 5.91 Å². The minimum atomic E-state index is -0.181. The molecule has 0 fully saturated rings. The molecule has 0 aliphatic rings. The summed E-state index contributed by atoms with van der Waals surface area (Å²) in [6.45, 7) is 0.859. The van der Waals surface area contributed by atoms with Gasteiger partial charge in [-0.1, -0.05) is 0 Å². The van der Waals surface area contributed by atoms with E-state index in [1.165, 1.54) is 10.7 Å². The third kappa shape index (κ3) is 4.83. The van der Waals surface area contributed by atoms with Gasteiger partial charge in [0.1, 0.15) is 0 Å². The van der Waals surface area contributed by atoms with E-state index in [4.69, 9.17) is 0 Å². The molecule has 7 heteroatoms. The van der Waals surface area contributed by atoms with Gasteiger partial charge in [-0.2, -0.15) is 5.10 Å². The number of nitrogens with one attached hydrogen (secondary N) is 1. The van der Waals surface area contributed by atoms with Crippen molar-refractivity contribution in [1.82, 2.24) is 25.1 Å². The normalized spacial score (nSPS) is 10.5. The SMILES string of the molecule is O=C(CCCn1nc(-c2ccncc2)ccc1=O)NCc1ccncc1. The topological polar surface area (TPSA) is 89.8 Å². The van der Waals surface area contributed by atoms with Crippen molar-refractivity contribution >= 4 is 5.91 Å². The molecule has 0 bridgehead atoms. The Morgan fingerprint density at radius 2 is 1.65 bits per heavy atom. The molecule has 0 aliphatic carbocycles. The number of hydrogen-bond acceptors (Lipinski definition) is 5. The molecule has 1 N–H and O–H groups in total. The average molecular weight is 349 g/mol. The van der Waals surface area contributed by atoms with Gasteiger partial charge >= 0.3 is 0 Å². The van der Waals surface area contributed by atoms with Crippen LogP contribution >= 0.6 is 0 Å². The van der Waals surface area contributed by atoms with Crippen LogP contribution in [0.2, 0.25) is 0 Å². The van der Waals surface area contributed by atoms with Gasteiger partial charge in [-0.25, -0.2) is 4.68 Å². The Hall–Kier alpha value is -3.35. The molecule has 26 heavy (non-hydrogen) atoms. The predicted octanol–water partition coefficient (Wildman–Crippen LogP) is 1.80. The van der Waals surface area contributed by atoms with Crippen LogP contribution in [0.15, 0.2) is 66.0 Å². The van der Waals surface area contributed by atoms with Crippen molar-refractivity contribution in [2.24, 2.45) is 0 Å². The maximum absolute atomic E-state index is 12.0. The molecular formula is C19H19N5O2. The van der Waals surface area contributed by atoms with Gasteiger partial charge in [-0.3, -0.25) is 19.6 Å². The molecule has 3 heterocycles. The summed E-state index contributed by atoms with van der Waals surface area (Å²) in [5, 5.41) is 7.23. The van der Waals surface area contributed by atoms with E-state index in [-0.39, 0.29) is 11.5 Å². The first-order chi connectivity index (χ1) is 12.7. The van der Waals surface area contributed by atoms with Crippen LogP contribution in [0.4, 0.5) is 0 Å². The molecule has 7 nitrogen and oxygen atoms in total. The van der Waals surface area contributed by atoms with Crippen LogP contribution in [0.5, 0.6) is 0 Å². The van der Waals surface area contributed by atoms with E-state index in [2.05, 4.69) is 20.4 Å². The van der Waals surface area contributed by atoms with Gasteiger partial charge < -0.3 is 5.32 Å². The molecule has 0 aliphatic heterocycles. The zero-order chi connectivity index (χ0) is 18.2. The minimum Gasteiger partial charge on any atom is -0.352 e. The van der Waals surface area contributed by atoms with Crippen LogP contribution in [-0.4, -0.2) is 25.7 Å². The van der Waals surface area contributed by atoms with Crippen LogP contribution in [-0.2, 0) is 17.9 Å². The molecule has 0 atom stereocenters. The smallest absolute Gasteiger partial charge is 0.266 e. The van der Waals surface area contributed by atoms with E-state index in [1.807, 2.05) is 24.3 Å². The zero-order valence-electron chi connectivity index (χ0n) is 14.2. The summed E-state index contributed by atoms with van der Waals surface area (Å²) in [5.41, 5.74) is 2.41. The summed E-state index contributed by atoms with van der Waals surface area (Å²) in [6, 6.07) is 10.6. The molecule has 0 saturated carbocycles. The fraction of sp³-hybridized carbons (Fsp3) is 0.211. The Morgan fingerprint density at radius 3 is 2.38 bits per heavy atom. The van der Waals surface area contributed by atoms with E-state index in [9.17, 15) is 9.59 Å². The van der Waals surface area contributed by atoms with Crippen LogP contribution in [0.1, 0.15) is 18.4 Å². The Labute approximate surface area is 150 Å². The van der Waals surface area contributed by atoms with E-state index in [0.717, 1.165) is 11.1 Å². The Bertz CT molecular complexity index is 910. The summed E-state index contributed by atoms with van der Waals surface area (Å²) < 4.78 is 1.39. The first kappa shape index (κ1) is 17.5. The molecule has 132 valence electrons. The molecule has 0 unspecified atom stereocenters. The maximum atomic E-state index is 12.0. The fourth-order valence-corrected chi connectivity index (χ4v) is 2.46. The second-order valence-electron chi connectivity index (χ2n) is 5.75. The Balaban J connectivity index is 1.53. The van der Waals surface area contributed by atoms with Crippen LogP contribution in [0, 0.1) is 0 Å². The fourth-order valence-electron chi connectivity index (χ4n) is 2.46. The van der Waals surface area contributed by atoms with Crippen molar-refractivity contribution in [3.63, 3.8) is 0 Å². The van der Waals surface area contributed by atoms with Crippen molar-refractivity contribution < 1.29 is 4.79 Å². The number of pyridine rings is 2. The lowest BCUT2D eigenvalue weighted by molar-refractivity contribution is -0.121. The minimum absolute atomic E-state index is 0.0554. The summed E-state index contributed by atoms with van der Waals surface area (Å²) >= 11 is 0. The van der Waals surface area contributed by atoms with Crippen LogP contribution in [0.3, 0.4) is 0 Å². The molecule has 0 radical (unpaired) electrons. The van der Waals surface area contributed by atoms with Gasteiger partial charge in [-0.15, -0.1) is 0 Å². The number of aromatic nitrogens is 4. The second-order valence-corrected chi connectivity index (χ2v) is 5.75. The van der Waals surface area contributed by atoms with E-state index in [0.29, 0.717) is 31.6 Å². The Morgan fingerprint density at radius 1 is 0.962 bits per heavy atom. The van der Waals surface area contributed by atoms with Crippen LogP contribution in [0.25, 0.3) is 11.3 Å². The monoisotopic (exact) mass is 349 g/mol. The quantitative estimate of drug-likeness (QED) is 0.702. The molecule has 3 aromatic heterocycles. The van der Waals surface area contributed by atoms with Crippen molar-refractivity contribution in [1.29, 1.82) is 0 Å². The third-order valence-electron chi connectivity index (χ3n) is 3.86. The summed E-state index contributed by atoms with van der Waals surface area (Å²) in [4.78, 5) is 31.8. The van der Waals surface area contributed by atoms with Gasteiger partial charge in [0, 0.05) is 55.9 Å². The number of rotatable bonds is 7. The number of amides is 1. The Kier molecular flexibility index (Phi) is 5.82. The van der Waals surface area contributed by atoms with Crippen molar-refractivity contribution in [3.05, 3.63) is 77.1 Å². The highest BCUT2D eigenvalue weighted by molar-refractivity contribution is 5.75. The largest absolute Gasteiger partial charge is 0.352 e.